The van der Waals surface area contributed by atoms with Gasteiger partial charge in [0.05, 0.1) is 18.8 Å². The number of likely N-dealkylation sites (tertiary alicyclic amines) is 1. The highest BCUT2D eigenvalue weighted by molar-refractivity contribution is 5.76. The van der Waals surface area contributed by atoms with Crippen LogP contribution >= 0.6 is 0 Å². The van der Waals surface area contributed by atoms with Gasteiger partial charge in [-0.25, -0.2) is 0 Å². The molecule has 5 heteroatoms. The van der Waals surface area contributed by atoms with Crippen LogP contribution in [0.25, 0.3) is 0 Å². The Balaban J connectivity index is 1.58. The van der Waals surface area contributed by atoms with Gasteiger partial charge >= 0.3 is 0 Å². The first-order valence-corrected chi connectivity index (χ1v) is 7.62. The molecule has 21 heavy (non-hydrogen) atoms. The van der Waals surface area contributed by atoms with Gasteiger partial charge in [-0.15, -0.1) is 0 Å². The molecule has 1 aliphatic heterocycles. The van der Waals surface area contributed by atoms with Crippen LogP contribution in [-0.2, 0) is 17.8 Å². The Bertz CT molecular complexity index is 548. The Hall–Kier alpha value is -2.04. The molecule has 1 atom stereocenters. The minimum atomic E-state index is 0.225. The molecule has 0 aliphatic carbocycles. The van der Waals surface area contributed by atoms with Crippen molar-refractivity contribution < 1.29 is 9.21 Å². The highest BCUT2D eigenvalue weighted by atomic mass is 16.3. The lowest BCUT2D eigenvalue weighted by Gasteiger charge is -2.35. The number of hydrogen-bond donors (Lipinski definition) is 0. The number of hydrogen-bond acceptors (Lipinski definition) is 3. The largest absolute Gasteiger partial charge is 0.469 e. The van der Waals surface area contributed by atoms with E-state index in [1.54, 1.807) is 12.5 Å². The number of amides is 1. The maximum absolute atomic E-state index is 12.5. The summed E-state index contributed by atoms with van der Waals surface area (Å²) in [6, 6.07) is 5.97. The van der Waals surface area contributed by atoms with Crippen LogP contribution < -0.4 is 0 Å². The molecule has 112 valence electrons. The summed E-state index contributed by atoms with van der Waals surface area (Å²) in [4.78, 5) is 14.5. The second-order valence-electron chi connectivity index (χ2n) is 5.54. The molecule has 0 bridgehead atoms. The van der Waals surface area contributed by atoms with E-state index in [2.05, 4.69) is 5.10 Å². The predicted octanol–water partition coefficient (Wildman–Crippen LogP) is 2.49. The zero-order chi connectivity index (χ0) is 14.5. The zero-order valence-electron chi connectivity index (χ0n) is 12.1. The van der Waals surface area contributed by atoms with Crippen LogP contribution in [0.4, 0.5) is 0 Å². The highest BCUT2D eigenvalue weighted by Gasteiger charge is 2.26. The Morgan fingerprint density at radius 2 is 2.33 bits per heavy atom. The molecule has 0 radical (unpaired) electrons. The summed E-state index contributed by atoms with van der Waals surface area (Å²) in [7, 11) is 0. The van der Waals surface area contributed by atoms with Crippen LogP contribution in [0.3, 0.4) is 0 Å². The molecule has 0 spiro atoms. The average Bonchev–Trinajstić information content (AvgIpc) is 3.18. The van der Waals surface area contributed by atoms with Crippen molar-refractivity contribution in [2.45, 2.75) is 44.7 Å². The van der Waals surface area contributed by atoms with Crippen molar-refractivity contribution in [2.75, 3.05) is 6.54 Å². The van der Waals surface area contributed by atoms with E-state index in [1.165, 1.54) is 6.42 Å². The third-order valence-electron chi connectivity index (χ3n) is 4.07. The standard InChI is InChI=1S/C16H21N3O2/c20-16(8-7-15-6-3-12-21-15)19-11-2-1-5-14(19)13-18-10-4-9-17-18/h3-4,6,9-10,12,14H,1-2,5,7-8,11,13H2/t14-/m0/s1. The van der Waals surface area contributed by atoms with E-state index >= 15 is 0 Å². The van der Waals surface area contributed by atoms with Gasteiger partial charge in [-0.3, -0.25) is 9.48 Å². The third-order valence-corrected chi connectivity index (χ3v) is 4.07. The summed E-state index contributed by atoms with van der Waals surface area (Å²) in [5, 5.41) is 4.25. The monoisotopic (exact) mass is 287 g/mol. The molecular formula is C16H21N3O2. The van der Waals surface area contributed by atoms with E-state index in [0.717, 1.165) is 31.7 Å². The number of nitrogens with zero attached hydrogens (tertiary/aromatic N) is 3. The van der Waals surface area contributed by atoms with Gasteiger partial charge in [-0.05, 0) is 37.5 Å². The summed E-state index contributed by atoms with van der Waals surface area (Å²) in [6.45, 7) is 1.66. The number of carbonyl (C=O) groups excluding carboxylic acids is 1. The number of furan rings is 1. The minimum Gasteiger partial charge on any atom is -0.469 e. The molecule has 3 rings (SSSR count). The SMILES string of the molecule is O=C(CCc1ccco1)N1CCCC[C@H]1Cn1cccn1. The van der Waals surface area contributed by atoms with E-state index in [4.69, 9.17) is 4.42 Å². The molecule has 2 aromatic heterocycles. The second kappa shape index (κ2) is 6.61. The lowest BCUT2D eigenvalue weighted by atomic mass is 10.0. The first-order valence-electron chi connectivity index (χ1n) is 7.62. The molecule has 1 aliphatic rings. The van der Waals surface area contributed by atoms with E-state index in [0.29, 0.717) is 12.8 Å². The summed E-state index contributed by atoms with van der Waals surface area (Å²) < 4.78 is 7.22. The Morgan fingerprint density at radius 3 is 3.10 bits per heavy atom. The van der Waals surface area contributed by atoms with Crippen LogP contribution in [0.5, 0.6) is 0 Å². The number of carbonyl (C=O) groups is 1. The van der Waals surface area contributed by atoms with E-state index in [-0.39, 0.29) is 11.9 Å². The minimum absolute atomic E-state index is 0.225. The van der Waals surface area contributed by atoms with Gasteiger partial charge in [-0.2, -0.15) is 5.10 Å². The number of aromatic nitrogens is 2. The fraction of sp³-hybridized carbons (Fsp3) is 0.500. The predicted molar refractivity (Wildman–Crippen MR) is 78.6 cm³/mol. The summed E-state index contributed by atoms with van der Waals surface area (Å²) in [6.07, 6.45) is 9.94. The van der Waals surface area contributed by atoms with Crippen LogP contribution in [0.1, 0.15) is 31.4 Å². The Kier molecular flexibility index (Phi) is 4.38. The molecule has 0 N–H and O–H groups in total. The van der Waals surface area contributed by atoms with Crippen LogP contribution in [0.2, 0.25) is 0 Å². The van der Waals surface area contributed by atoms with Gasteiger partial charge in [0.1, 0.15) is 5.76 Å². The molecule has 2 aromatic rings. The van der Waals surface area contributed by atoms with E-state index in [1.807, 2.05) is 34.0 Å². The molecule has 0 aromatic carbocycles. The fourth-order valence-electron chi connectivity index (χ4n) is 2.97. The van der Waals surface area contributed by atoms with Crippen LogP contribution in [-0.4, -0.2) is 33.2 Å². The van der Waals surface area contributed by atoms with Gasteiger partial charge in [0, 0.05) is 31.8 Å². The second-order valence-corrected chi connectivity index (χ2v) is 5.54. The molecule has 0 saturated carbocycles. The number of piperidine rings is 1. The topological polar surface area (TPSA) is 51.3 Å². The molecule has 5 nitrogen and oxygen atoms in total. The third kappa shape index (κ3) is 3.54. The van der Waals surface area contributed by atoms with Gasteiger partial charge in [0.2, 0.25) is 5.91 Å². The van der Waals surface area contributed by atoms with E-state index in [9.17, 15) is 4.79 Å². The quantitative estimate of drug-likeness (QED) is 0.849. The fourth-order valence-corrected chi connectivity index (χ4v) is 2.97. The van der Waals surface area contributed by atoms with Gasteiger partial charge in [0.15, 0.2) is 0 Å². The zero-order valence-corrected chi connectivity index (χ0v) is 12.1. The van der Waals surface area contributed by atoms with Crippen molar-refractivity contribution >= 4 is 5.91 Å². The number of aryl methyl sites for hydroxylation is 1. The Morgan fingerprint density at radius 1 is 1.38 bits per heavy atom. The molecule has 1 saturated heterocycles. The van der Waals surface area contributed by atoms with E-state index < -0.39 is 0 Å². The normalized spacial score (nSPS) is 18.9. The van der Waals surface area contributed by atoms with Crippen molar-refractivity contribution in [1.82, 2.24) is 14.7 Å². The van der Waals surface area contributed by atoms with Crippen LogP contribution in [0.15, 0.2) is 41.3 Å². The summed E-state index contributed by atoms with van der Waals surface area (Å²) in [5.74, 6) is 1.10. The van der Waals surface area contributed by atoms with Crippen molar-refractivity contribution in [1.29, 1.82) is 0 Å². The smallest absolute Gasteiger partial charge is 0.223 e. The maximum atomic E-state index is 12.5. The van der Waals surface area contributed by atoms with Gasteiger partial charge in [0.25, 0.3) is 0 Å². The first kappa shape index (κ1) is 13.9. The molecule has 1 fully saturated rings. The van der Waals surface area contributed by atoms with Crippen LogP contribution in [0, 0.1) is 0 Å². The van der Waals surface area contributed by atoms with Crippen molar-refractivity contribution in [3.8, 4) is 0 Å². The maximum Gasteiger partial charge on any atom is 0.223 e. The molecule has 1 amide bonds. The molecular weight excluding hydrogens is 266 g/mol. The summed E-state index contributed by atoms with van der Waals surface area (Å²) in [5.41, 5.74) is 0. The highest BCUT2D eigenvalue weighted by Crippen LogP contribution is 2.20. The first-order chi connectivity index (χ1) is 10.3. The Labute approximate surface area is 124 Å². The molecule has 0 unspecified atom stereocenters. The van der Waals surface area contributed by atoms with Gasteiger partial charge < -0.3 is 9.32 Å². The molecule has 3 heterocycles. The summed E-state index contributed by atoms with van der Waals surface area (Å²) >= 11 is 0. The van der Waals surface area contributed by atoms with Crippen molar-refractivity contribution in [2.24, 2.45) is 0 Å². The average molecular weight is 287 g/mol. The van der Waals surface area contributed by atoms with Crippen molar-refractivity contribution in [3.63, 3.8) is 0 Å². The number of rotatable bonds is 5. The van der Waals surface area contributed by atoms with Crippen molar-refractivity contribution in [3.05, 3.63) is 42.6 Å². The lowest BCUT2D eigenvalue weighted by molar-refractivity contribution is -0.135. The van der Waals surface area contributed by atoms with Gasteiger partial charge in [-0.1, -0.05) is 0 Å². The lowest BCUT2D eigenvalue weighted by Crippen LogP contribution is -2.46.